The van der Waals surface area contributed by atoms with Gasteiger partial charge in [-0.2, -0.15) is 0 Å². The molecule has 0 bridgehead atoms. The third-order valence-corrected chi connectivity index (χ3v) is 4.84. The number of hydrogen-bond donors (Lipinski definition) is 1. The summed E-state index contributed by atoms with van der Waals surface area (Å²) in [6.45, 7) is 7.41. The topological polar surface area (TPSA) is 57.6 Å². The van der Waals surface area contributed by atoms with Gasteiger partial charge in [-0.3, -0.25) is 9.59 Å². The Hall–Kier alpha value is -0.710. The summed E-state index contributed by atoms with van der Waals surface area (Å²) < 4.78 is -0.905. The molecule has 1 rings (SSSR count). The highest BCUT2D eigenvalue weighted by Gasteiger charge is 2.32. The fourth-order valence-corrected chi connectivity index (χ4v) is 3.05. The van der Waals surface area contributed by atoms with Crippen LogP contribution in [0.1, 0.15) is 47.0 Å². The Labute approximate surface area is 113 Å². The lowest BCUT2D eigenvalue weighted by Crippen LogP contribution is -2.48. The van der Waals surface area contributed by atoms with E-state index in [2.05, 4.69) is 13.8 Å². The van der Waals surface area contributed by atoms with E-state index in [0.717, 1.165) is 12.8 Å². The number of rotatable bonds is 4. The van der Waals surface area contributed by atoms with Gasteiger partial charge in [-0.15, -0.1) is 11.8 Å². The van der Waals surface area contributed by atoms with Crippen LogP contribution in [0.4, 0.5) is 0 Å². The van der Waals surface area contributed by atoms with E-state index in [1.54, 1.807) is 13.8 Å². The summed E-state index contributed by atoms with van der Waals surface area (Å²) in [6.07, 6.45) is 3.26. The highest BCUT2D eigenvalue weighted by molar-refractivity contribution is 8.01. The Morgan fingerprint density at radius 3 is 2.22 bits per heavy atom. The molecular formula is C13H23NO3S. The first-order valence-electron chi connectivity index (χ1n) is 6.44. The molecule has 1 aliphatic heterocycles. The van der Waals surface area contributed by atoms with Gasteiger partial charge in [0.05, 0.1) is 5.75 Å². The zero-order valence-corrected chi connectivity index (χ0v) is 12.4. The third-order valence-electron chi connectivity index (χ3n) is 3.55. The molecule has 0 saturated carbocycles. The Bertz CT molecular complexity index is 320. The van der Waals surface area contributed by atoms with Crippen LogP contribution in [0.5, 0.6) is 0 Å². The van der Waals surface area contributed by atoms with Crippen LogP contribution in [0.25, 0.3) is 0 Å². The minimum Gasteiger partial charge on any atom is -0.480 e. The summed E-state index contributed by atoms with van der Waals surface area (Å²) in [4.78, 5) is 25.1. The second kappa shape index (κ2) is 5.95. The fourth-order valence-electron chi connectivity index (χ4n) is 2.29. The van der Waals surface area contributed by atoms with E-state index in [0.29, 0.717) is 0 Å². The molecule has 0 spiro atoms. The minimum atomic E-state index is -0.905. The third kappa shape index (κ3) is 3.64. The fraction of sp³-hybridized carbons (Fsp3) is 0.846. The number of carboxylic acid groups (broad SMARTS) is 1. The van der Waals surface area contributed by atoms with Crippen LogP contribution in [0, 0.1) is 0 Å². The normalized spacial score (nSPS) is 25.0. The molecule has 1 amide bonds. The summed E-state index contributed by atoms with van der Waals surface area (Å²) in [6, 6.07) is 0.546. The molecule has 2 unspecified atom stereocenters. The number of thioether (sulfide) groups is 1. The molecule has 1 fully saturated rings. The van der Waals surface area contributed by atoms with E-state index in [9.17, 15) is 9.59 Å². The molecule has 104 valence electrons. The summed E-state index contributed by atoms with van der Waals surface area (Å²) in [5.74, 6) is -0.567. The van der Waals surface area contributed by atoms with Gasteiger partial charge in [0.2, 0.25) is 5.91 Å². The van der Waals surface area contributed by atoms with Crippen LogP contribution in [0.3, 0.4) is 0 Å². The van der Waals surface area contributed by atoms with E-state index in [1.165, 1.54) is 18.2 Å². The lowest BCUT2D eigenvalue weighted by atomic mass is 9.98. The van der Waals surface area contributed by atoms with Gasteiger partial charge < -0.3 is 10.0 Å². The van der Waals surface area contributed by atoms with Gasteiger partial charge in [-0.05, 0) is 47.0 Å². The van der Waals surface area contributed by atoms with Crippen molar-refractivity contribution in [1.82, 2.24) is 4.90 Å². The van der Waals surface area contributed by atoms with Gasteiger partial charge in [-0.25, -0.2) is 0 Å². The molecule has 18 heavy (non-hydrogen) atoms. The predicted octanol–water partition coefficient (Wildman–Crippen LogP) is 2.37. The minimum absolute atomic E-state index is 0.0639. The van der Waals surface area contributed by atoms with E-state index in [1.807, 2.05) is 4.90 Å². The SMILES string of the molecule is CC1CCCC(C)N1C(=O)CSC(C)(C)C(=O)O. The first-order chi connectivity index (χ1) is 8.25. The second-order valence-electron chi connectivity index (χ2n) is 5.53. The molecule has 5 heteroatoms. The van der Waals surface area contributed by atoms with Gasteiger partial charge in [0.15, 0.2) is 0 Å². The zero-order valence-electron chi connectivity index (χ0n) is 11.6. The van der Waals surface area contributed by atoms with E-state index in [-0.39, 0.29) is 23.7 Å². The highest BCUT2D eigenvalue weighted by atomic mass is 32.2. The Kier molecular flexibility index (Phi) is 5.08. The second-order valence-corrected chi connectivity index (χ2v) is 7.13. The molecule has 1 heterocycles. The Morgan fingerprint density at radius 2 is 1.78 bits per heavy atom. The van der Waals surface area contributed by atoms with Gasteiger partial charge in [0.1, 0.15) is 4.75 Å². The number of hydrogen-bond acceptors (Lipinski definition) is 3. The van der Waals surface area contributed by atoms with Crippen LogP contribution in [0.15, 0.2) is 0 Å². The Balaban J connectivity index is 2.57. The molecule has 0 aromatic carbocycles. The molecule has 1 aliphatic rings. The number of aliphatic carboxylic acids is 1. The van der Waals surface area contributed by atoms with Crippen LogP contribution < -0.4 is 0 Å². The van der Waals surface area contributed by atoms with Crippen LogP contribution >= 0.6 is 11.8 Å². The van der Waals surface area contributed by atoms with Crippen molar-refractivity contribution in [3.63, 3.8) is 0 Å². The number of likely N-dealkylation sites (tertiary alicyclic amines) is 1. The van der Waals surface area contributed by atoms with Crippen molar-refractivity contribution in [2.75, 3.05) is 5.75 Å². The van der Waals surface area contributed by atoms with Crippen molar-refractivity contribution in [1.29, 1.82) is 0 Å². The van der Waals surface area contributed by atoms with Gasteiger partial charge in [0.25, 0.3) is 0 Å². The predicted molar refractivity (Wildman–Crippen MR) is 73.8 cm³/mol. The summed E-state index contributed by atoms with van der Waals surface area (Å²) >= 11 is 1.20. The lowest BCUT2D eigenvalue weighted by Gasteiger charge is -2.39. The molecule has 4 nitrogen and oxygen atoms in total. The largest absolute Gasteiger partial charge is 0.480 e. The monoisotopic (exact) mass is 273 g/mol. The first-order valence-corrected chi connectivity index (χ1v) is 7.43. The molecule has 1 saturated heterocycles. The molecular weight excluding hydrogens is 250 g/mol. The number of carboxylic acids is 1. The first kappa shape index (κ1) is 15.3. The van der Waals surface area contributed by atoms with Crippen LogP contribution in [-0.4, -0.2) is 44.5 Å². The summed E-state index contributed by atoms with van der Waals surface area (Å²) in [5, 5.41) is 9.02. The summed E-state index contributed by atoms with van der Waals surface area (Å²) in [7, 11) is 0. The van der Waals surface area contributed by atoms with Gasteiger partial charge >= 0.3 is 5.97 Å². The van der Waals surface area contributed by atoms with Crippen molar-refractivity contribution < 1.29 is 14.7 Å². The molecule has 0 aromatic rings. The number of carbonyl (C=O) groups excluding carboxylic acids is 1. The molecule has 0 aliphatic carbocycles. The quantitative estimate of drug-likeness (QED) is 0.854. The van der Waals surface area contributed by atoms with E-state index >= 15 is 0 Å². The van der Waals surface area contributed by atoms with Gasteiger partial charge in [-0.1, -0.05) is 0 Å². The average molecular weight is 273 g/mol. The number of amides is 1. The molecule has 1 N–H and O–H groups in total. The smallest absolute Gasteiger partial charge is 0.319 e. The van der Waals surface area contributed by atoms with Gasteiger partial charge in [0, 0.05) is 12.1 Å². The van der Waals surface area contributed by atoms with Crippen molar-refractivity contribution in [3.05, 3.63) is 0 Å². The molecule has 0 aromatic heterocycles. The summed E-state index contributed by atoms with van der Waals surface area (Å²) in [5.41, 5.74) is 0. The lowest BCUT2D eigenvalue weighted by molar-refractivity contribution is -0.138. The van der Waals surface area contributed by atoms with Crippen LogP contribution in [-0.2, 0) is 9.59 Å². The van der Waals surface area contributed by atoms with Crippen molar-refractivity contribution >= 4 is 23.6 Å². The number of carbonyl (C=O) groups is 2. The highest BCUT2D eigenvalue weighted by Crippen LogP contribution is 2.28. The standard InChI is InChI=1S/C13H23NO3S/c1-9-6-5-7-10(2)14(9)11(15)8-18-13(3,4)12(16)17/h9-10H,5-8H2,1-4H3,(H,16,17). The Morgan fingerprint density at radius 1 is 1.28 bits per heavy atom. The maximum absolute atomic E-state index is 12.2. The number of nitrogens with zero attached hydrogens (tertiary/aromatic N) is 1. The van der Waals surface area contributed by atoms with E-state index in [4.69, 9.17) is 5.11 Å². The van der Waals surface area contributed by atoms with Crippen molar-refractivity contribution in [3.8, 4) is 0 Å². The molecule has 2 atom stereocenters. The maximum Gasteiger partial charge on any atom is 0.319 e. The molecule has 0 radical (unpaired) electrons. The van der Waals surface area contributed by atoms with E-state index < -0.39 is 10.7 Å². The number of piperidine rings is 1. The average Bonchev–Trinajstić information content (AvgIpc) is 2.26. The van der Waals surface area contributed by atoms with Crippen molar-refractivity contribution in [2.24, 2.45) is 0 Å². The zero-order chi connectivity index (χ0) is 13.9. The van der Waals surface area contributed by atoms with Crippen LogP contribution in [0.2, 0.25) is 0 Å². The maximum atomic E-state index is 12.2. The van der Waals surface area contributed by atoms with Crippen molar-refractivity contribution in [2.45, 2.75) is 63.8 Å².